The van der Waals surface area contributed by atoms with Crippen LogP contribution in [0, 0.1) is 0 Å². The first-order valence-corrected chi connectivity index (χ1v) is 8.03. The summed E-state index contributed by atoms with van der Waals surface area (Å²) >= 11 is 27.8. The van der Waals surface area contributed by atoms with Crippen LogP contribution < -0.4 is 5.30 Å². The Labute approximate surface area is 106 Å². The van der Waals surface area contributed by atoms with Crippen molar-refractivity contribution in [2.24, 2.45) is 0 Å². The van der Waals surface area contributed by atoms with Crippen molar-refractivity contribution in [1.82, 2.24) is 0 Å². The zero-order valence-electron chi connectivity index (χ0n) is 6.55. The molecule has 0 radical (unpaired) electrons. The molecule has 0 spiro atoms. The summed E-state index contributed by atoms with van der Waals surface area (Å²) in [7, 11) is 0. The molecule has 7 heteroatoms. The second kappa shape index (κ2) is 4.41. The fourth-order valence-corrected chi connectivity index (χ4v) is 2.37. The SMILES string of the molecule is O=P(Cl)(Cl)c1ccc(C(Cl)(Cl)Cl)cc1. The van der Waals surface area contributed by atoms with E-state index in [9.17, 15) is 4.57 Å². The van der Waals surface area contributed by atoms with Crippen LogP contribution in [0.25, 0.3) is 0 Å². The molecule has 0 fully saturated rings. The monoisotopic (exact) mass is 310 g/mol. The molecular formula is C7H4Cl5OP. The summed E-state index contributed by atoms with van der Waals surface area (Å²) in [6.45, 7) is 0. The molecule has 0 aliphatic carbocycles. The normalized spacial score (nSPS) is 12.9. The number of alkyl halides is 3. The van der Waals surface area contributed by atoms with E-state index in [0.29, 0.717) is 10.9 Å². The summed E-state index contributed by atoms with van der Waals surface area (Å²) in [6.07, 6.45) is 0. The minimum atomic E-state index is -3.28. The lowest BCUT2D eigenvalue weighted by Crippen LogP contribution is -2.03. The Balaban J connectivity index is 3.08. The van der Waals surface area contributed by atoms with Crippen LogP contribution in [0.2, 0.25) is 0 Å². The van der Waals surface area contributed by atoms with Gasteiger partial charge in [-0.1, -0.05) is 46.9 Å². The fraction of sp³-hybridized carbons (Fsp3) is 0.143. The molecule has 0 aliphatic heterocycles. The predicted octanol–water partition coefficient (Wildman–Crippen LogP) is 4.81. The van der Waals surface area contributed by atoms with E-state index >= 15 is 0 Å². The van der Waals surface area contributed by atoms with Crippen molar-refractivity contribution in [1.29, 1.82) is 0 Å². The highest BCUT2D eigenvalue weighted by Crippen LogP contribution is 2.55. The number of benzene rings is 1. The molecule has 0 aromatic heterocycles. The van der Waals surface area contributed by atoms with Crippen LogP contribution in [0.1, 0.15) is 5.56 Å². The molecule has 1 nitrogen and oxygen atoms in total. The van der Waals surface area contributed by atoms with E-state index in [1.807, 2.05) is 0 Å². The summed E-state index contributed by atoms with van der Waals surface area (Å²) in [6, 6.07) is 5.97. The summed E-state index contributed by atoms with van der Waals surface area (Å²) in [5.41, 5.74) is 0.466. The van der Waals surface area contributed by atoms with Gasteiger partial charge in [-0.05, 0) is 34.6 Å². The lowest BCUT2D eigenvalue weighted by atomic mass is 10.2. The van der Waals surface area contributed by atoms with Gasteiger partial charge < -0.3 is 0 Å². The Bertz CT molecular complexity index is 363. The molecule has 0 N–H and O–H groups in total. The molecule has 0 heterocycles. The van der Waals surface area contributed by atoms with Crippen LogP contribution in [0.4, 0.5) is 0 Å². The molecule has 0 aliphatic rings. The zero-order valence-corrected chi connectivity index (χ0v) is 11.2. The summed E-state index contributed by atoms with van der Waals surface area (Å²) < 4.78 is 9.71. The number of hydrogen-bond donors (Lipinski definition) is 0. The summed E-state index contributed by atoms with van der Waals surface area (Å²) in [4.78, 5) is 0. The minimum Gasteiger partial charge on any atom is -0.284 e. The third kappa shape index (κ3) is 3.48. The average molecular weight is 312 g/mol. The number of rotatable bonds is 1. The Morgan fingerprint density at radius 2 is 1.43 bits per heavy atom. The standard InChI is InChI=1S/C7H4Cl5OP/c8-7(9,10)5-1-3-6(4-2-5)14(11,12)13/h1-4H. The van der Waals surface area contributed by atoms with E-state index in [1.165, 1.54) is 24.3 Å². The van der Waals surface area contributed by atoms with Crippen molar-refractivity contribution < 1.29 is 4.57 Å². The van der Waals surface area contributed by atoms with Crippen molar-refractivity contribution in [2.75, 3.05) is 0 Å². The van der Waals surface area contributed by atoms with Gasteiger partial charge in [-0.3, -0.25) is 4.57 Å². The smallest absolute Gasteiger partial charge is 0.281 e. The van der Waals surface area contributed by atoms with Gasteiger partial charge in [0.05, 0.1) is 0 Å². The number of hydrogen-bond acceptors (Lipinski definition) is 1. The van der Waals surface area contributed by atoms with Crippen LogP contribution in [0.5, 0.6) is 0 Å². The molecule has 0 unspecified atom stereocenters. The van der Waals surface area contributed by atoms with E-state index < -0.39 is 9.64 Å². The van der Waals surface area contributed by atoms with Crippen molar-refractivity contribution in [2.45, 2.75) is 3.79 Å². The van der Waals surface area contributed by atoms with E-state index in [2.05, 4.69) is 0 Å². The Hall–Kier alpha value is 0.900. The van der Waals surface area contributed by atoms with Gasteiger partial charge in [0.15, 0.2) is 0 Å². The maximum Gasteiger partial charge on any atom is 0.281 e. The van der Waals surface area contributed by atoms with Gasteiger partial charge in [-0.25, -0.2) is 0 Å². The molecule has 0 atom stereocenters. The highest BCUT2D eigenvalue weighted by molar-refractivity contribution is 8.13. The lowest BCUT2D eigenvalue weighted by molar-refractivity contribution is 0.597. The zero-order chi connectivity index (χ0) is 11.0. The second-order valence-electron chi connectivity index (χ2n) is 2.51. The Morgan fingerprint density at radius 3 is 1.71 bits per heavy atom. The maximum atomic E-state index is 11.2. The lowest BCUT2D eigenvalue weighted by Gasteiger charge is -2.11. The first-order chi connectivity index (χ1) is 6.21. The average Bonchev–Trinajstić information content (AvgIpc) is 2.01. The topological polar surface area (TPSA) is 17.1 Å². The van der Waals surface area contributed by atoms with Crippen LogP contribution in [-0.2, 0) is 8.36 Å². The third-order valence-corrected chi connectivity index (χ3v) is 4.22. The van der Waals surface area contributed by atoms with Gasteiger partial charge >= 0.3 is 0 Å². The van der Waals surface area contributed by atoms with Crippen LogP contribution >= 0.6 is 63.1 Å². The highest BCUT2D eigenvalue weighted by atomic mass is 35.9. The number of halogens is 5. The molecular weight excluding hydrogens is 308 g/mol. The van der Waals surface area contributed by atoms with Gasteiger partial charge in [0.2, 0.25) is 3.79 Å². The second-order valence-corrected chi connectivity index (χ2v) is 9.60. The minimum absolute atomic E-state index is 0.318. The Morgan fingerprint density at radius 1 is 1.00 bits per heavy atom. The van der Waals surface area contributed by atoms with E-state index in [1.54, 1.807) is 0 Å². The van der Waals surface area contributed by atoms with E-state index in [-0.39, 0.29) is 0 Å². The van der Waals surface area contributed by atoms with Gasteiger partial charge in [0.25, 0.3) is 5.85 Å². The van der Waals surface area contributed by atoms with Crippen molar-refractivity contribution in [3.8, 4) is 0 Å². The predicted molar refractivity (Wildman–Crippen MR) is 64.6 cm³/mol. The van der Waals surface area contributed by atoms with E-state index in [4.69, 9.17) is 57.3 Å². The molecule has 0 amide bonds. The molecule has 1 aromatic rings. The van der Waals surface area contributed by atoms with Crippen LogP contribution in [0.15, 0.2) is 24.3 Å². The van der Waals surface area contributed by atoms with Gasteiger partial charge in [0, 0.05) is 10.9 Å². The van der Waals surface area contributed by atoms with Crippen LogP contribution in [0.3, 0.4) is 0 Å². The fourth-order valence-electron chi connectivity index (χ4n) is 0.824. The highest BCUT2D eigenvalue weighted by Gasteiger charge is 2.24. The largest absolute Gasteiger partial charge is 0.284 e. The molecule has 1 rings (SSSR count). The van der Waals surface area contributed by atoms with Crippen molar-refractivity contribution >= 4 is 68.4 Å². The van der Waals surface area contributed by atoms with Crippen molar-refractivity contribution in [3.05, 3.63) is 29.8 Å². The molecule has 1 aromatic carbocycles. The molecule has 78 valence electrons. The third-order valence-electron chi connectivity index (χ3n) is 1.50. The maximum absolute atomic E-state index is 11.2. The Kier molecular flexibility index (Phi) is 4.09. The molecule has 14 heavy (non-hydrogen) atoms. The summed E-state index contributed by atoms with van der Waals surface area (Å²) in [5, 5.41) is 0.318. The van der Waals surface area contributed by atoms with Gasteiger partial charge in [-0.15, -0.1) is 0 Å². The molecule has 0 saturated heterocycles. The van der Waals surface area contributed by atoms with E-state index in [0.717, 1.165) is 0 Å². The first-order valence-electron chi connectivity index (χ1n) is 3.38. The quantitative estimate of drug-likeness (QED) is 0.537. The molecule has 0 bridgehead atoms. The summed E-state index contributed by atoms with van der Waals surface area (Å²) in [5.74, 6) is -3.28. The van der Waals surface area contributed by atoms with Gasteiger partial charge in [0.1, 0.15) is 0 Å². The first kappa shape index (κ1) is 13.0. The van der Waals surface area contributed by atoms with Crippen LogP contribution in [-0.4, -0.2) is 0 Å². The van der Waals surface area contributed by atoms with Gasteiger partial charge in [-0.2, -0.15) is 0 Å². The van der Waals surface area contributed by atoms with Crippen molar-refractivity contribution in [3.63, 3.8) is 0 Å². The molecule has 0 saturated carbocycles.